The molecule has 5 heteroatoms. The van der Waals surface area contributed by atoms with Crippen LogP contribution in [-0.2, 0) is 9.84 Å². The van der Waals surface area contributed by atoms with E-state index in [0.717, 1.165) is 17.6 Å². The minimum Gasteiger partial charge on any atom is -0.368 e. The Bertz CT molecular complexity index is 498. The summed E-state index contributed by atoms with van der Waals surface area (Å²) >= 11 is 3.56. The molecule has 1 aliphatic heterocycles. The molecule has 1 fully saturated rings. The fraction of sp³-hybridized carbons (Fsp3) is 0.538. The maximum atomic E-state index is 11.4. The zero-order chi connectivity index (χ0) is 13.2. The second-order valence-electron chi connectivity index (χ2n) is 4.76. The molecule has 0 spiro atoms. The standard InChI is InChI=1S/C13H18BrNO2S/c1-18(16,17)13-7-5-11(6-8-13)15-9-3-2-4-12(15)10-14/h5-8,12H,2-4,9-10H2,1H3. The van der Waals surface area contributed by atoms with Gasteiger partial charge < -0.3 is 4.90 Å². The van der Waals surface area contributed by atoms with E-state index < -0.39 is 9.84 Å². The summed E-state index contributed by atoms with van der Waals surface area (Å²) in [5.41, 5.74) is 1.12. The lowest BCUT2D eigenvalue weighted by Gasteiger charge is -2.36. The number of nitrogens with zero attached hydrogens (tertiary/aromatic N) is 1. The molecule has 0 amide bonds. The molecule has 0 radical (unpaired) electrons. The summed E-state index contributed by atoms with van der Waals surface area (Å²) < 4.78 is 22.8. The third kappa shape index (κ3) is 3.06. The van der Waals surface area contributed by atoms with E-state index in [1.807, 2.05) is 12.1 Å². The van der Waals surface area contributed by atoms with Crippen LogP contribution in [0, 0.1) is 0 Å². The van der Waals surface area contributed by atoms with Crippen LogP contribution in [-0.4, -0.2) is 32.6 Å². The van der Waals surface area contributed by atoms with Crippen molar-refractivity contribution in [3.05, 3.63) is 24.3 Å². The average Bonchev–Trinajstić information content (AvgIpc) is 2.38. The molecular formula is C13H18BrNO2S. The minimum atomic E-state index is -3.10. The minimum absolute atomic E-state index is 0.388. The lowest BCUT2D eigenvalue weighted by atomic mass is 10.0. The summed E-state index contributed by atoms with van der Waals surface area (Å²) in [6.07, 6.45) is 4.91. The molecule has 1 aliphatic rings. The molecule has 1 atom stereocenters. The number of piperidine rings is 1. The Morgan fingerprint density at radius 1 is 1.28 bits per heavy atom. The molecular weight excluding hydrogens is 314 g/mol. The highest BCUT2D eigenvalue weighted by atomic mass is 79.9. The van der Waals surface area contributed by atoms with Gasteiger partial charge in [0.05, 0.1) is 4.90 Å². The Morgan fingerprint density at radius 2 is 1.94 bits per heavy atom. The number of hydrogen-bond acceptors (Lipinski definition) is 3. The molecule has 1 unspecified atom stereocenters. The molecule has 1 aromatic rings. The number of rotatable bonds is 3. The number of anilines is 1. The van der Waals surface area contributed by atoms with Gasteiger partial charge in [-0.05, 0) is 43.5 Å². The summed E-state index contributed by atoms with van der Waals surface area (Å²) in [6, 6.07) is 7.74. The second kappa shape index (κ2) is 5.61. The smallest absolute Gasteiger partial charge is 0.175 e. The molecule has 0 aromatic heterocycles. The highest BCUT2D eigenvalue weighted by Crippen LogP contribution is 2.26. The van der Waals surface area contributed by atoms with E-state index in [9.17, 15) is 8.42 Å². The Balaban J connectivity index is 2.23. The summed E-state index contributed by atoms with van der Waals surface area (Å²) in [5.74, 6) is 0. The molecule has 1 aromatic carbocycles. The van der Waals surface area contributed by atoms with Gasteiger partial charge in [-0.15, -0.1) is 0 Å². The summed E-state index contributed by atoms with van der Waals surface area (Å²) in [7, 11) is -3.10. The van der Waals surface area contributed by atoms with E-state index in [4.69, 9.17) is 0 Å². The summed E-state index contributed by atoms with van der Waals surface area (Å²) in [6.45, 7) is 1.05. The van der Waals surface area contributed by atoms with Gasteiger partial charge in [-0.2, -0.15) is 0 Å². The van der Waals surface area contributed by atoms with E-state index in [-0.39, 0.29) is 0 Å². The molecule has 0 aliphatic carbocycles. The van der Waals surface area contributed by atoms with E-state index in [1.54, 1.807) is 12.1 Å². The average molecular weight is 332 g/mol. The third-order valence-corrected chi connectivity index (χ3v) is 5.28. The van der Waals surface area contributed by atoms with Crippen LogP contribution in [0.25, 0.3) is 0 Å². The van der Waals surface area contributed by atoms with Crippen molar-refractivity contribution in [2.45, 2.75) is 30.2 Å². The molecule has 100 valence electrons. The second-order valence-corrected chi connectivity index (χ2v) is 7.43. The first-order valence-corrected chi connectivity index (χ1v) is 9.16. The number of sulfone groups is 1. The van der Waals surface area contributed by atoms with Crippen molar-refractivity contribution in [3.63, 3.8) is 0 Å². The Labute approximate surface area is 117 Å². The number of hydrogen-bond donors (Lipinski definition) is 0. The van der Waals surface area contributed by atoms with Crippen LogP contribution in [0.3, 0.4) is 0 Å². The largest absolute Gasteiger partial charge is 0.368 e. The van der Waals surface area contributed by atoms with Crippen molar-refractivity contribution in [1.29, 1.82) is 0 Å². The maximum absolute atomic E-state index is 11.4. The zero-order valence-electron chi connectivity index (χ0n) is 10.5. The van der Waals surface area contributed by atoms with Gasteiger partial charge in [0.15, 0.2) is 9.84 Å². The fourth-order valence-corrected chi connectivity index (χ4v) is 3.69. The number of halogens is 1. The molecule has 0 saturated carbocycles. The van der Waals surface area contributed by atoms with Gasteiger partial charge in [0.2, 0.25) is 0 Å². The van der Waals surface area contributed by atoms with Crippen LogP contribution >= 0.6 is 15.9 Å². The molecule has 18 heavy (non-hydrogen) atoms. The molecule has 0 bridgehead atoms. The normalized spacial score (nSPS) is 21.0. The molecule has 0 N–H and O–H groups in total. The first-order chi connectivity index (χ1) is 8.52. The monoisotopic (exact) mass is 331 g/mol. The van der Waals surface area contributed by atoms with E-state index >= 15 is 0 Å². The number of alkyl halides is 1. The van der Waals surface area contributed by atoms with Crippen molar-refractivity contribution < 1.29 is 8.42 Å². The van der Waals surface area contributed by atoms with Crippen LogP contribution in [0.1, 0.15) is 19.3 Å². The van der Waals surface area contributed by atoms with Gasteiger partial charge in [0.25, 0.3) is 0 Å². The predicted octanol–water partition coefficient (Wildman–Crippen LogP) is 2.84. The Morgan fingerprint density at radius 3 is 2.50 bits per heavy atom. The van der Waals surface area contributed by atoms with Crippen LogP contribution in [0.4, 0.5) is 5.69 Å². The maximum Gasteiger partial charge on any atom is 0.175 e. The van der Waals surface area contributed by atoms with Crippen LogP contribution in [0.5, 0.6) is 0 Å². The topological polar surface area (TPSA) is 37.4 Å². The van der Waals surface area contributed by atoms with Gasteiger partial charge in [-0.3, -0.25) is 0 Å². The van der Waals surface area contributed by atoms with Gasteiger partial charge in [-0.1, -0.05) is 15.9 Å². The highest BCUT2D eigenvalue weighted by molar-refractivity contribution is 9.09. The molecule has 2 rings (SSSR count). The van der Waals surface area contributed by atoms with E-state index in [2.05, 4.69) is 20.8 Å². The summed E-state index contributed by atoms with van der Waals surface area (Å²) in [4.78, 5) is 2.75. The predicted molar refractivity (Wildman–Crippen MR) is 78.3 cm³/mol. The summed E-state index contributed by atoms with van der Waals surface area (Å²) in [5, 5.41) is 0.959. The third-order valence-electron chi connectivity index (χ3n) is 3.40. The number of benzene rings is 1. The van der Waals surface area contributed by atoms with Gasteiger partial charge in [0.1, 0.15) is 0 Å². The highest BCUT2D eigenvalue weighted by Gasteiger charge is 2.21. The zero-order valence-corrected chi connectivity index (χ0v) is 12.9. The molecule has 1 heterocycles. The van der Waals surface area contributed by atoms with Crippen LogP contribution in [0.15, 0.2) is 29.2 Å². The van der Waals surface area contributed by atoms with E-state index in [1.165, 1.54) is 25.5 Å². The van der Waals surface area contributed by atoms with Crippen molar-refractivity contribution in [2.75, 3.05) is 23.0 Å². The van der Waals surface area contributed by atoms with Gasteiger partial charge >= 0.3 is 0 Å². The van der Waals surface area contributed by atoms with Crippen molar-refractivity contribution in [3.8, 4) is 0 Å². The molecule has 3 nitrogen and oxygen atoms in total. The Hall–Kier alpha value is -0.550. The Kier molecular flexibility index (Phi) is 4.33. The van der Waals surface area contributed by atoms with Gasteiger partial charge in [-0.25, -0.2) is 8.42 Å². The van der Waals surface area contributed by atoms with Crippen molar-refractivity contribution in [1.82, 2.24) is 0 Å². The quantitative estimate of drug-likeness (QED) is 0.799. The fourth-order valence-electron chi connectivity index (χ4n) is 2.39. The SMILES string of the molecule is CS(=O)(=O)c1ccc(N2CCCCC2CBr)cc1. The van der Waals surface area contributed by atoms with Crippen LogP contribution in [0.2, 0.25) is 0 Å². The molecule has 1 saturated heterocycles. The van der Waals surface area contributed by atoms with Crippen LogP contribution < -0.4 is 4.90 Å². The first kappa shape index (κ1) is 13.9. The van der Waals surface area contributed by atoms with Crippen molar-refractivity contribution >= 4 is 31.5 Å². The van der Waals surface area contributed by atoms with Crippen molar-refractivity contribution in [2.24, 2.45) is 0 Å². The lowest BCUT2D eigenvalue weighted by Crippen LogP contribution is -2.40. The first-order valence-electron chi connectivity index (χ1n) is 6.15. The lowest BCUT2D eigenvalue weighted by molar-refractivity contribution is 0.491. The van der Waals surface area contributed by atoms with E-state index in [0.29, 0.717) is 10.9 Å². The van der Waals surface area contributed by atoms with Gasteiger partial charge in [0, 0.05) is 29.9 Å².